The fourth-order valence-corrected chi connectivity index (χ4v) is 5.81. The van der Waals surface area contributed by atoms with E-state index in [2.05, 4.69) is 26.1 Å². The number of hydrogen-bond acceptors (Lipinski definition) is 3. The summed E-state index contributed by atoms with van der Waals surface area (Å²) in [4.78, 5) is 23.0. The third-order valence-electron chi connectivity index (χ3n) is 4.79. The van der Waals surface area contributed by atoms with E-state index in [4.69, 9.17) is 4.43 Å². The van der Waals surface area contributed by atoms with E-state index in [1.54, 1.807) is 12.2 Å². The zero-order valence-electron chi connectivity index (χ0n) is 12.9. The van der Waals surface area contributed by atoms with Gasteiger partial charge in [-0.3, -0.25) is 4.79 Å². The van der Waals surface area contributed by atoms with Crippen molar-refractivity contribution in [2.45, 2.75) is 45.1 Å². The summed E-state index contributed by atoms with van der Waals surface area (Å²) in [7, 11) is -1.78. The smallest absolute Gasteiger partial charge is 0.230 e. The summed E-state index contributed by atoms with van der Waals surface area (Å²) in [5.41, 5.74) is 0.530. The number of nitrogens with one attached hydrogen (secondary N) is 1. The van der Waals surface area contributed by atoms with Gasteiger partial charge < -0.3 is 9.74 Å². The van der Waals surface area contributed by atoms with Crippen molar-refractivity contribution in [1.82, 2.24) is 5.32 Å². The van der Waals surface area contributed by atoms with Gasteiger partial charge in [-0.2, -0.15) is 0 Å². The molecule has 2 rings (SSSR count). The van der Waals surface area contributed by atoms with Crippen molar-refractivity contribution in [1.29, 1.82) is 0 Å². The number of hydrogen-bond donors (Lipinski definition) is 1. The van der Waals surface area contributed by atoms with Crippen LogP contribution in [0.3, 0.4) is 0 Å². The summed E-state index contributed by atoms with van der Waals surface area (Å²) in [6.45, 7) is 6.48. The van der Waals surface area contributed by atoms with Gasteiger partial charge in [0.25, 0.3) is 0 Å². The van der Waals surface area contributed by atoms with Crippen LogP contribution in [0.2, 0.25) is 18.1 Å². The minimum absolute atomic E-state index is 0.0380. The Labute approximate surface area is 127 Å². The fraction of sp³-hybridized carbons (Fsp3) is 0.562. The molecule has 3 atom stereocenters. The first kappa shape index (κ1) is 16.0. The third kappa shape index (κ3) is 2.95. The second kappa shape index (κ2) is 6.56. The van der Waals surface area contributed by atoms with Crippen molar-refractivity contribution in [2.75, 3.05) is 0 Å². The highest BCUT2D eigenvalue weighted by Gasteiger charge is 2.49. The van der Waals surface area contributed by atoms with E-state index < -0.39 is 8.32 Å². The molecule has 1 heterocycles. The molecule has 4 nitrogen and oxygen atoms in total. The molecular formula is C16H23NO3Si. The van der Waals surface area contributed by atoms with Gasteiger partial charge in [-0.05, 0) is 24.2 Å². The Bertz CT molecular complexity index is 507. The van der Waals surface area contributed by atoms with Crippen LogP contribution in [0.25, 0.3) is 0 Å². The van der Waals surface area contributed by atoms with Gasteiger partial charge in [0.05, 0.1) is 5.92 Å². The molecule has 0 saturated carbocycles. The molecular weight excluding hydrogens is 282 g/mol. The molecule has 1 saturated heterocycles. The zero-order valence-corrected chi connectivity index (χ0v) is 13.9. The maximum absolute atomic E-state index is 12.0. The van der Waals surface area contributed by atoms with E-state index in [0.29, 0.717) is 5.57 Å². The maximum Gasteiger partial charge on any atom is 0.230 e. The first-order valence-corrected chi connectivity index (χ1v) is 10.2. The van der Waals surface area contributed by atoms with Gasteiger partial charge in [0, 0.05) is 11.5 Å². The second-order valence-electron chi connectivity index (χ2n) is 5.64. The van der Waals surface area contributed by atoms with E-state index in [9.17, 15) is 9.59 Å². The Hall–Kier alpha value is -1.42. The monoisotopic (exact) mass is 305 g/mol. The number of carbonyl (C=O) groups is 1. The molecule has 0 radical (unpaired) electrons. The van der Waals surface area contributed by atoms with Crippen molar-refractivity contribution < 1.29 is 14.0 Å². The standard InChI is InChI=1S/C16H23NO3Si/c1-4-21(5-2,6-3)20-16-14(15(19)17-16)13-10-8-7-9-12(13)11-18/h7-10,13-14,16H,4-6H2,1-3H3,(H,17,19). The van der Waals surface area contributed by atoms with Gasteiger partial charge in [0.15, 0.2) is 8.32 Å². The molecule has 1 amide bonds. The Kier molecular flexibility index (Phi) is 4.98. The molecule has 0 aromatic heterocycles. The molecule has 0 bridgehead atoms. The predicted octanol–water partition coefficient (Wildman–Crippen LogP) is 2.58. The molecule has 1 N–H and O–H groups in total. The highest BCUT2D eigenvalue weighted by atomic mass is 28.4. The Morgan fingerprint density at radius 3 is 2.43 bits per heavy atom. The molecule has 0 aromatic rings. The van der Waals surface area contributed by atoms with E-state index in [1.165, 1.54) is 0 Å². The first-order valence-electron chi connectivity index (χ1n) is 7.68. The fourth-order valence-electron chi connectivity index (χ4n) is 3.06. The van der Waals surface area contributed by atoms with E-state index in [-0.39, 0.29) is 24.0 Å². The summed E-state index contributed by atoms with van der Waals surface area (Å²) < 4.78 is 6.36. The van der Waals surface area contributed by atoms with Crippen molar-refractivity contribution in [3.63, 3.8) is 0 Å². The lowest BCUT2D eigenvalue weighted by molar-refractivity contribution is -0.147. The van der Waals surface area contributed by atoms with Crippen LogP contribution in [0.1, 0.15) is 20.8 Å². The minimum atomic E-state index is -1.78. The average molecular weight is 305 g/mol. The molecule has 2 aliphatic rings. The van der Waals surface area contributed by atoms with E-state index in [0.717, 1.165) is 18.1 Å². The molecule has 5 heteroatoms. The molecule has 3 unspecified atom stereocenters. The minimum Gasteiger partial charge on any atom is -0.396 e. The number of allylic oxidation sites excluding steroid dienone is 5. The van der Waals surface area contributed by atoms with Crippen molar-refractivity contribution >= 4 is 20.2 Å². The maximum atomic E-state index is 12.0. The molecule has 114 valence electrons. The van der Waals surface area contributed by atoms with Crippen LogP contribution in [-0.2, 0) is 14.0 Å². The molecule has 1 aliphatic carbocycles. The van der Waals surface area contributed by atoms with Crippen LogP contribution in [0, 0.1) is 11.8 Å². The zero-order chi connectivity index (χ0) is 15.5. The van der Waals surface area contributed by atoms with Crippen LogP contribution in [-0.4, -0.2) is 26.4 Å². The second-order valence-corrected chi connectivity index (χ2v) is 10.4. The quantitative estimate of drug-likeness (QED) is 0.466. The SMILES string of the molecule is CC[Si](CC)(CC)OC1NC(=O)C1C1C=CC=CC1=C=O. The number of β-lactam (4-membered cyclic amide) rings is 1. The highest BCUT2D eigenvalue weighted by Crippen LogP contribution is 2.36. The van der Waals surface area contributed by atoms with Crippen molar-refractivity contribution in [3.05, 3.63) is 29.9 Å². The third-order valence-corrected chi connectivity index (χ3v) is 9.41. The Morgan fingerprint density at radius 1 is 1.24 bits per heavy atom. The normalized spacial score (nSPS) is 28.0. The summed E-state index contributed by atoms with van der Waals surface area (Å²) in [6.07, 6.45) is 7.02. The lowest BCUT2D eigenvalue weighted by Gasteiger charge is -2.45. The average Bonchev–Trinajstić information content (AvgIpc) is 2.52. The van der Waals surface area contributed by atoms with Gasteiger partial charge in [-0.15, -0.1) is 0 Å². The summed E-state index contributed by atoms with van der Waals surface area (Å²) in [5, 5.41) is 2.87. The number of amides is 1. The van der Waals surface area contributed by atoms with Gasteiger partial charge in [0.2, 0.25) is 5.91 Å². The molecule has 21 heavy (non-hydrogen) atoms. The van der Waals surface area contributed by atoms with Crippen molar-refractivity contribution in [2.24, 2.45) is 11.8 Å². The van der Waals surface area contributed by atoms with Gasteiger partial charge >= 0.3 is 0 Å². The highest BCUT2D eigenvalue weighted by molar-refractivity contribution is 6.73. The summed E-state index contributed by atoms with van der Waals surface area (Å²) in [5.74, 6) is 1.39. The number of rotatable bonds is 6. The number of carbonyl (C=O) groups excluding carboxylic acids is 2. The molecule has 1 fully saturated rings. The summed E-state index contributed by atoms with van der Waals surface area (Å²) >= 11 is 0. The molecule has 0 aromatic carbocycles. The van der Waals surface area contributed by atoms with Gasteiger partial charge in [0.1, 0.15) is 12.2 Å². The Morgan fingerprint density at radius 2 is 1.90 bits per heavy atom. The van der Waals surface area contributed by atoms with Crippen LogP contribution >= 0.6 is 0 Å². The van der Waals surface area contributed by atoms with Crippen LogP contribution in [0.5, 0.6) is 0 Å². The lowest BCUT2D eigenvalue weighted by atomic mass is 9.78. The topological polar surface area (TPSA) is 55.4 Å². The summed E-state index contributed by atoms with van der Waals surface area (Å²) in [6, 6.07) is 3.11. The first-order chi connectivity index (χ1) is 10.1. The largest absolute Gasteiger partial charge is 0.396 e. The Balaban J connectivity index is 2.16. The molecule has 0 spiro atoms. The van der Waals surface area contributed by atoms with Crippen molar-refractivity contribution in [3.8, 4) is 0 Å². The van der Waals surface area contributed by atoms with E-state index >= 15 is 0 Å². The van der Waals surface area contributed by atoms with Gasteiger partial charge in [-0.25, -0.2) is 4.79 Å². The van der Waals surface area contributed by atoms with Crippen LogP contribution < -0.4 is 5.32 Å². The lowest BCUT2D eigenvalue weighted by Crippen LogP contribution is -2.65. The molecule has 1 aliphatic heterocycles. The van der Waals surface area contributed by atoms with E-state index in [1.807, 2.05) is 18.1 Å². The van der Waals surface area contributed by atoms with Crippen LogP contribution in [0.4, 0.5) is 0 Å². The predicted molar refractivity (Wildman–Crippen MR) is 84.7 cm³/mol. The van der Waals surface area contributed by atoms with Gasteiger partial charge in [-0.1, -0.05) is 39.0 Å². The van der Waals surface area contributed by atoms with Crippen LogP contribution in [0.15, 0.2) is 29.9 Å².